The summed E-state index contributed by atoms with van der Waals surface area (Å²) in [5.74, 6) is -0.581. The standard InChI is InChI=1S/C29H32O10/c1-2-25(31)35-16-6-4-3-5-15-34-21-11-7-19(8-12-21)28(32)38-22-13-9-20(10-14-22)29(33)39-24-18-37-26-23(30)17-36-27(24)26/h2,7-14,23-24,26-27,30H,1,3-6,15-18H2/t23-,24+,26-,27-/m1/s1. The number of aliphatic hydroxyl groups is 1. The molecule has 2 aliphatic rings. The minimum atomic E-state index is -0.722. The monoisotopic (exact) mass is 540 g/mol. The summed E-state index contributed by atoms with van der Waals surface area (Å²) in [4.78, 5) is 36.0. The number of carbonyl (C=O) groups is 3. The summed E-state index contributed by atoms with van der Waals surface area (Å²) in [7, 11) is 0. The van der Waals surface area contributed by atoms with E-state index in [9.17, 15) is 19.5 Å². The number of benzene rings is 2. The summed E-state index contributed by atoms with van der Waals surface area (Å²) in [5, 5.41) is 9.81. The van der Waals surface area contributed by atoms with Crippen molar-refractivity contribution in [3.8, 4) is 11.5 Å². The fraction of sp³-hybridized carbons (Fsp3) is 0.414. The second-order valence-corrected chi connectivity index (χ2v) is 9.18. The maximum Gasteiger partial charge on any atom is 0.343 e. The molecule has 39 heavy (non-hydrogen) atoms. The van der Waals surface area contributed by atoms with Gasteiger partial charge >= 0.3 is 17.9 Å². The van der Waals surface area contributed by atoms with Gasteiger partial charge in [-0.1, -0.05) is 6.58 Å². The van der Waals surface area contributed by atoms with E-state index < -0.39 is 42.3 Å². The Labute approximate surface area is 226 Å². The predicted octanol–water partition coefficient (Wildman–Crippen LogP) is 3.26. The maximum absolute atomic E-state index is 12.5. The summed E-state index contributed by atoms with van der Waals surface area (Å²) >= 11 is 0. The number of hydrogen-bond donors (Lipinski definition) is 1. The Bertz CT molecular complexity index is 1130. The molecular weight excluding hydrogens is 508 g/mol. The van der Waals surface area contributed by atoms with Crippen LogP contribution in [0.25, 0.3) is 0 Å². The van der Waals surface area contributed by atoms with E-state index in [1.165, 1.54) is 24.3 Å². The smallest absolute Gasteiger partial charge is 0.343 e. The van der Waals surface area contributed by atoms with Crippen LogP contribution in [0.4, 0.5) is 0 Å². The SMILES string of the molecule is C=CC(=O)OCCCCCCOc1ccc(C(=O)Oc2ccc(C(=O)O[C@H]3CO[C@H]4[C@@H]3OC[C@H]4O)cc2)cc1. The molecule has 0 saturated carbocycles. The van der Waals surface area contributed by atoms with E-state index in [0.29, 0.717) is 24.5 Å². The molecule has 2 fully saturated rings. The third kappa shape index (κ3) is 7.89. The molecule has 0 aliphatic carbocycles. The molecule has 4 rings (SSSR count). The second kappa shape index (κ2) is 13.9. The molecule has 0 unspecified atom stereocenters. The zero-order valence-corrected chi connectivity index (χ0v) is 21.5. The first-order valence-electron chi connectivity index (χ1n) is 12.9. The van der Waals surface area contributed by atoms with Crippen molar-refractivity contribution >= 4 is 17.9 Å². The minimum absolute atomic E-state index is 0.151. The zero-order valence-electron chi connectivity index (χ0n) is 21.5. The highest BCUT2D eigenvalue weighted by Gasteiger charge is 2.49. The van der Waals surface area contributed by atoms with Crippen molar-refractivity contribution in [2.24, 2.45) is 0 Å². The highest BCUT2D eigenvalue weighted by molar-refractivity contribution is 5.92. The average Bonchev–Trinajstić information content (AvgIpc) is 3.53. The van der Waals surface area contributed by atoms with Gasteiger partial charge in [-0.3, -0.25) is 0 Å². The van der Waals surface area contributed by atoms with Crippen LogP contribution in [0.1, 0.15) is 46.4 Å². The molecule has 10 nitrogen and oxygen atoms in total. The molecule has 0 spiro atoms. The second-order valence-electron chi connectivity index (χ2n) is 9.18. The van der Waals surface area contributed by atoms with E-state index in [-0.39, 0.29) is 24.5 Å². The average molecular weight is 541 g/mol. The van der Waals surface area contributed by atoms with Crippen molar-refractivity contribution in [3.63, 3.8) is 0 Å². The van der Waals surface area contributed by atoms with E-state index in [1.54, 1.807) is 24.3 Å². The molecule has 2 aromatic rings. The molecular formula is C29H32O10. The van der Waals surface area contributed by atoms with Crippen LogP contribution in [-0.2, 0) is 23.7 Å². The number of hydrogen-bond acceptors (Lipinski definition) is 10. The van der Waals surface area contributed by atoms with Gasteiger partial charge in [-0.15, -0.1) is 0 Å². The highest BCUT2D eigenvalue weighted by atomic mass is 16.6. The lowest BCUT2D eigenvalue weighted by atomic mass is 10.1. The van der Waals surface area contributed by atoms with Gasteiger partial charge in [-0.2, -0.15) is 0 Å². The van der Waals surface area contributed by atoms with Crippen molar-refractivity contribution in [3.05, 3.63) is 72.3 Å². The summed E-state index contributed by atoms with van der Waals surface area (Å²) in [6.45, 7) is 4.59. The van der Waals surface area contributed by atoms with Gasteiger partial charge in [0.1, 0.15) is 29.8 Å². The van der Waals surface area contributed by atoms with E-state index in [2.05, 4.69) is 6.58 Å². The Morgan fingerprint density at radius 2 is 1.44 bits per heavy atom. The quantitative estimate of drug-likeness (QED) is 0.175. The number of esters is 3. The number of fused-ring (bicyclic) bond motifs is 1. The van der Waals surface area contributed by atoms with Crippen molar-refractivity contribution in [1.29, 1.82) is 0 Å². The van der Waals surface area contributed by atoms with Crippen LogP contribution < -0.4 is 9.47 Å². The van der Waals surface area contributed by atoms with Gasteiger partial charge in [0, 0.05) is 6.08 Å². The lowest BCUT2D eigenvalue weighted by Crippen LogP contribution is -2.34. The molecule has 208 valence electrons. The first-order chi connectivity index (χ1) is 18.9. The predicted molar refractivity (Wildman–Crippen MR) is 138 cm³/mol. The number of ether oxygens (including phenoxy) is 6. The molecule has 0 aromatic heterocycles. The van der Waals surface area contributed by atoms with Crippen molar-refractivity contribution in [1.82, 2.24) is 0 Å². The van der Waals surface area contributed by atoms with Crippen LogP contribution in [0.2, 0.25) is 0 Å². The number of carbonyl (C=O) groups excluding carboxylic acids is 3. The van der Waals surface area contributed by atoms with Gasteiger partial charge in [-0.25, -0.2) is 14.4 Å². The summed E-state index contributed by atoms with van der Waals surface area (Å²) in [5.41, 5.74) is 0.642. The Balaban J connectivity index is 1.15. The van der Waals surface area contributed by atoms with E-state index in [1.807, 2.05) is 0 Å². The topological polar surface area (TPSA) is 127 Å². The molecule has 1 N–H and O–H groups in total. The Kier molecular flexibility index (Phi) is 10.1. The van der Waals surface area contributed by atoms with Gasteiger partial charge in [0.2, 0.25) is 0 Å². The Morgan fingerprint density at radius 1 is 0.821 bits per heavy atom. The van der Waals surface area contributed by atoms with Crippen molar-refractivity contribution in [2.75, 3.05) is 26.4 Å². The van der Waals surface area contributed by atoms with Crippen LogP contribution in [0.5, 0.6) is 11.5 Å². The van der Waals surface area contributed by atoms with Gasteiger partial charge in [0.15, 0.2) is 6.10 Å². The molecule has 4 atom stereocenters. The Morgan fingerprint density at radius 3 is 2.13 bits per heavy atom. The van der Waals surface area contributed by atoms with Crippen LogP contribution in [-0.4, -0.2) is 73.9 Å². The summed E-state index contributed by atoms with van der Waals surface area (Å²) in [6.07, 6.45) is 2.40. The van der Waals surface area contributed by atoms with Crippen LogP contribution >= 0.6 is 0 Å². The fourth-order valence-electron chi connectivity index (χ4n) is 4.24. The number of unbranched alkanes of at least 4 members (excludes halogenated alkanes) is 3. The van der Waals surface area contributed by atoms with Crippen molar-refractivity contribution in [2.45, 2.75) is 50.1 Å². The van der Waals surface area contributed by atoms with Gasteiger partial charge in [-0.05, 0) is 74.2 Å². The first-order valence-corrected chi connectivity index (χ1v) is 12.9. The molecule has 0 radical (unpaired) electrons. The van der Waals surface area contributed by atoms with Crippen LogP contribution in [0.15, 0.2) is 61.2 Å². The van der Waals surface area contributed by atoms with Gasteiger partial charge in [0.05, 0.1) is 37.6 Å². The Hall–Kier alpha value is -3.73. The lowest BCUT2D eigenvalue weighted by Gasteiger charge is -2.16. The summed E-state index contributed by atoms with van der Waals surface area (Å²) in [6, 6.07) is 12.7. The molecule has 10 heteroatoms. The van der Waals surface area contributed by atoms with Crippen LogP contribution in [0, 0.1) is 0 Å². The van der Waals surface area contributed by atoms with E-state index in [4.69, 9.17) is 28.4 Å². The normalized spacial score (nSPS) is 21.6. The molecule has 0 bridgehead atoms. The van der Waals surface area contributed by atoms with Gasteiger partial charge in [0.25, 0.3) is 0 Å². The first kappa shape index (κ1) is 28.3. The molecule has 2 heterocycles. The number of rotatable bonds is 13. The fourth-order valence-corrected chi connectivity index (χ4v) is 4.24. The summed E-state index contributed by atoms with van der Waals surface area (Å²) < 4.78 is 32.5. The third-order valence-corrected chi connectivity index (χ3v) is 6.35. The maximum atomic E-state index is 12.5. The minimum Gasteiger partial charge on any atom is -0.494 e. The molecule has 2 aliphatic heterocycles. The zero-order chi connectivity index (χ0) is 27.6. The third-order valence-electron chi connectivity index (χ3n) is 6.35. The number of aliphatic hydroxyl groups excluding tert-OH is 1. The van der Waals surface area contributed by atoms with E-state index >= 15 is 0 Å². The molecule has 2 saturated heterocycles. The largest absolute Gasteiger partial charge is 0.494 e. The van der Waals surface area contributed by atoms with Gasteiger partial charge < -0.3 is 33.5 Å². The van der Waals surface area contributed by atoms with Crippen molar-refractivity contribution < 1.29 is 47.9 Å². The van der Waals surface area contributed by atoms with Crippen LogP contribution in [0.3, 0.4) is 0 Å². The highest BCUT2D eigenvalue weighted by Crippen LogP contribution is 2.29. The lowest BCUT2D eigenvalue weighted by molar-refractivity contribution is -0.137. The molecule has 2 aromatic carbocycles. The van der Waals surface area contributed by atoms with E-state index in [0.717, 1.165) is 31.8 Å². The molecule has 0 amide bonds.